The molecule has 6 atom stereocenters. The summed E-state index contributed by atoms with van der Waals surface area (Å²) in [6.07, 6.45) is 2.65. The minimum Gasteiger partial charge on any atom is -0.494 e. The van der Waals surface area contributed by atoms with Gasteiger partial charge in [0.15, 0.2) is 11.6 Å². The maximum absolute atomic E-state index is 15.5. The Morgan fingerprint density at radius 1 is 0.714 bits per heavy atom. The van der Waals surface area contributed by atoms with E-state index in [9.17, 15) is 24.3 Å². The number of likely N-dealkylation sites (tertiary alicyclic amines) is 2. The predicted octanol–water partition coefficient (Wildman–Crippen LogP) is 7.67. The van der Waals surface area contributed by atoms with Crippen LogP contribution in [0.4, 0.5) is 19.7 Å². The number of aromatic nitrogens is 4. The van der Waals surface area contributed by atoms with Crippen molar-refractivity contribution >= 4 is 51.8 Å². The van der Waals surface area contributed by atoms with Crippen LogP contribution in [0.15, 0.2) is 54.6 Å². The number of fused-ring (bicyclic) bond motifs is 2. The van der Waals surface area contributed by atoms with Crippen molar-refractivity contribution in [2.45, 2.75) is 102 Å². The molecule has 3 aliphatic rings. The number of imidazole rings is 2. The lowest BCUT2D eigenvalue weighted by molar-refractivity contribution is -0.136. The summed E-state index contributed by atoms with van der Waals surface area (Å²) in [7, 11) is 2.72. The molecule has 5 aromatic rings. The topological polar surface area (TPSA) is 198 Å². The molecule has 3 aromatic carbocycles. The van der Waals surface area contributed by atoms with Gasteiger partial charge in [0.25, 0.3) is 0 Å². The van der Waals surface area contributed by atoms with Gasteiger partial charge in [0.1, 0.15) is 23.7 Å². The van der Waals surface area contributed by atoms with Crippen molar-refractivity contribution in [2.24, 2.45) is 11.8 Å². The highest BCUT2D eigenvalue weighted by molar-refractivity contribution is 5.87. The number of aromatic amines is 2. The second kappa shape index (κ2) is 17.8. The largest absolute Gasteiger partial charge is 0.494 e. The Kier molecular flexibility index (Phi) is 12.2. The Morgan fingerprint density at radius 2 is 1.22 bits per heavy atom. The average Bonchev–Trinajstić information content (AvgIpc) is 4.12. The molecule has 3 fully saturated rings. The molecule has 334 valence electrons. The number of anilines is 1. The van der Waals surface area contributed by atoms with Gasteiger partial charge >= 0.3 is 12.2 Å². The van der Waals surface area contributed by atoms with Crippen LogP contribution >= 0.6 is 0 Å². The van der Waals surface area contributed by atoms with Crippen LogP contribution in [-0.4, -0.2) is 98.2 Å². The van der Waals surface area contributed by atoms with Crippen molar-refractivity contribution in [1.82, 2.24) is 40.4 Å². The number of hydrogen-bond donors (Lipinski definition) is 5. The van der Waals surface area contributed by atoms with Gasteiger partial charge in [-0.3, -0.25) is 9.59 Å². The molecule has 3 aliphatic heterocycles. The molecule has 17 heteroatoms. The first-order chi connectivity index (χ1) is 30.3. The number of carbonyl (C=O) groups excluding carboxylic acids is 3. The highest BCUT2D eigenvalue weighted by atomic mass is 19.1. The van der Waals surface area contributed by atoms with E-state index in [2.05, 4.69) is 49.8 Å². The molecule has 0 spiro atoms. The van der Waals surface area contributed by atoms with E-state index in [1.807, 2.05) is 45.9 Å². The molecule has 8 rings (SSSR count). The van der Waals surface area contributed by atoms with E-state index in [1.54, 1.807) is 15.9 Å². The van der Waals surface area contributed by atoms with Crippen molar-refractivity contribution in [3.05, 3.63) is 83.2 Å². The average molecular weight is 866 g/mol. The van der Waals surface area contributed by atoms with E-state index < -0.39 is 30.1 Å². The Hall–Kier alpha value is -6.39. The summed E-state index contributed by atoms with van der Waals surface area (Å²) in [6.45, 7) is 8.47. The normalized spacial score (nSPS) is 21.1. The Balaban J connectivity index is 1.09. The van der Waals surface area contributed by atoms with E-state index >= 15 is 4.39 Å². The molecule has 4 amide bonds. The van der Waals surface area contributed by atoms with E-state index in [0.29, 0.717) is 36.8 Å². The number of methoxy groups -OCH3 is 2. The van der Waals surface area contributed by atoms with Crippen LogP contribution in [0.2, 0.25) is 0 Å². The first kappa shape index (κ1) is 43.3. The molecule has 0 aliphatic carbocycles. The van der Waals surface area contributed by atoms with Crippen LogP contribution in [0.3, 0.4) is 0 Å². The van der Waals surface area contributed by atoms with Crippen LogP contribution in [0, 0.1) is 17.7 Å². The zero-order chi connectivity index (χ0) is 44.7. The number of carbonyl (C=O) groups is 4. The predicted molar refractivity (Wildman–Crippen MR) is 234 cm³/mol. The fraction of sp³-hybridized carbons (Fsp3) is 0.478. The highest BCUT2D eigenvalue weighted by Crippen LogP contribution is 2.48. The summed E-state index contributed by atoms with van der Waals surface area (Å²) in [5.74, 6) is 0.200. The SMILES string of the molecule is COC(=O)N[C@H](C(=O)N1CCC[C@H]1c1nc2ccc(C3CC[C@H](c4ccc5nc([C@@H]6CCCN6C(=O)[C@@H](NC(=O)O)C(C)C)[nH]c5c4)N3c3ccc(OC)c(F)c3)cc2[nH]1)C(C)C. The third-order valence-corrected chi connectivity index (χ3v) is 12.9. The van der Waals surface area contributed by atoms with Crippen LogP contribution in [-0.2, 0) is 14.3 Å². The highest BCUT2D eigenvalue weighted by Gasteiger charge is 2.40. The van der Waals surface area contributed by atoms with Crippen LogP contribution in [0.25, 0.3) is 22.1 Å². The Labute approximate surface area is 364 Å². The summed E-state index contributed by atoms with van der Waals surface area (Å²) in [5.41, 5.74) is 5.87. The number of rotatable bonds is 12. The monoisotopic (exact) mass is 865 g/mol. The molecule has 5 N–H and O–H groups in total. The third-order valence-electron chi connectivity index (χ3n) is 12.9. The third kappa shape index (κ3) is 8.44. The van der Waals surface area contributed by atoms with Crippen molar-refractivity contribution in [3.8, 4) is 5.75 Å². The summed E-state index contributed by atoms with van der Waals surface area (Å²) in [5, 5.41) is 14.5. The van der Waals surface area contributed by atoms with Crippen LogP contribution < -0.4 is 20.3 Å². The van der Waals surface area contributed by atoms with Gasteiger partial charge in [0, 0.05) is 24.8 Å². The molecular weight excluding hydrogens is 810 g/mol. The summed E-state index contributed by atoms with van der Waals surface area (Å²) in [4.78, 5) is 73.8. The number of hydrogen-bond acceptors (Lipinski definition) is 9. The lowest BCUT2D eigenvalue weighted by Crippen LogP contribution is -2.51. The van der Waals surface area contributed by atoms with Crippen LogP contribution in [0.1, 0.15) is 113 Å². The second-order valence-electron chi connectivity index (χ2n) is 17.5. The Bertz CT molecular complexity index is 2520. The molecule has 5 heterocycles. The van der Waals surface area contributed by atoms with Gasteiger partial charge in [-0.2, -0.15) is 0 Å². The summed E-state index contributed by atoms with van der Waals surface area (Å²) in [6, 6.07) is 14.8. The number of carboxylic acid groups (broad SMARTS) is 1. The van der Waals surface area contributed by atoms with E-state index in [-0.39, 0.29) is 53.6 Å². The molecule has 0 saturated carbocycles. The summed E-state index contributed by atoms with van der Waals surface area (Å²) < 4.78 is 25.6. The van der Waals surface area contributed by atoms with Gasteiger partial charge in [0.05, 0.1) is 60.5 Å². The van der Waals surface area contributed by atoms with Crippen LogP contribution in [0.5, 0.6) is 5.75 Å². The molecule has 2 aromatic heterocycles. The molecule has 63 heavy (non-hydrogen) atoms. The minimum atomic E-state index is -1.24. The molecule has 16 nitrogen and oxygen atoms in total. The van der Waals surface area contributed by atoms with Crippen molar-refractivity contribution < 1.29 is 38.1 Å². The van der Waals surface area contributed by atoms with Gasteiger partial charge in [-0.1, -0.05) is 39.8 Å². The fourth-order valence-corrected chi connectivity index (χ4v) is 9.80. The standard InChI is InChI=1S/C46H56FN9O7/c1-24(2)39(52-45(59)60)43(57)54-19-7-9-36(54)41-48-30-14-11-26(21-32(30)50-41)34-16-17-35(56(34)28-13-18-38(62-5)29(47)23-28)27-12-15-31-33(22-27)51-42(49-31)37-10-8-20-55(37)44(58)40(25(3)4)53-46(61)63-6/h11-15,18,21-25,34-37,39-40,52H,7-10,16-17,19-20H2,1-6H3,(H,48,50)(H,49,51)(H,53,61)(H,59,60)/t34-,35?,36+,37+,39+,40+/m1/s1. The number of alkyl carbamates (subject to hydrolysis) is 1. The number of ether oxygens (including phenoxy) is 2. The maximum Gasteiger partial charge on any atom is 0.407 e. The van der Waals surface area contributed by atoms with Gasteiger partial charge in [0.2, 0.25) is 11.8 Å². The number of amides is 4. The van der Waals surface area contributed by atoms with Gasteiger partial charge in [-0.25, -0.2) is 23.9 Å². The fourth-order valence-electron chi connectivity index (χ4n) is 9.80. The molecule has 0 bridgehead atoms. The van der Waals surface area contributed by atoms with E-state index in [4.69, 9.17) is 19.4 Å². The van der Waals surface area contributed by atoms with Crippen molar-refractivity contribution in [2.75, 3.05) is 32.2 Å². The van der Waals surface area contributed by atoms with Gasteiger partial charge in [-0.05, 0) is 97.9 Å². The molecule has 3 saturated heterocycles. The lowest BCUT2D eigenvalue weighted by atomic mass is 10.0. The first-order valence-corrected chi connectivity index (χ1v) is 21.8. The van der Waals surface area contributed by atoms with E-state index in [0.717, 1.165) is 65.3 Å². The number of benzene rings is 3. The van der Waals surface area contributed by atoms with Gasteiger partial charge < -0.3 is 49.9 Å². The quantitative estimate of drug-likeness (QED) is 0.0830. The molecule has 1 unspecified atom stereocenters. The minimum absolute atomic E-state index is 0.140. The number of H-pyrrole nitrogens is 2. The summed E-state index contributed by atoms with van der Waals surface area (Å²) >= 11 is 0. The first-order valence-electron chi connectivity index (χ1n) is 21.8. The maximum atomic E-state index is 15.5. The molecular formula is C46H56FN9O7. The van der Waals surface area contributed by atoms with Gasteiger partial charge in [-0.15, -0.1) is 0 Å². The number of nitrogens with one attached hydrogen (secondary N) is 4. The second-order valence-corrected chi connectivity index (χ2v) is 17.5. The van der Waals surface area contributed by atoms with Crippen molar-refractivity contribution in [1.29, 1.82) is 0 Å². The van der Waals surface area contributed by atoms with E-state index in [1.165, 1.54) is 20.3 Å². The zero-order valence-electron chi connectivity index (χ0n) is 36.5. The lowest BCUT2D eigenvalue weighted by Gasteiger charge is -2.33. The van der Waals surface area contributed by atoms with Crippen molar-refractivity contribution in [3.63, 3.8) is 0 Å². The zero-order valence-corrected chi connectivity index (χ0v) is 36.5. The smallest absolute Gasteiger partial charge is 0.407 e. The number of halogens is 1. The Morgan fingerprint density at radius 3 is 1.67 bits per heavy atom. The number of nitrogens with zero attached hydrogens (tertiary/aromatic N) is 5. The molecule has 0 radical (unpaired) electrons.